The zero-order valence-corrected chi connectivity index (χ0v) is 14.7. The third-order valence-corrected chi connectivity index (χ3v) is 4.69. The summed E-state index contributed by atoms with van der Waals surface area (Å²) in [5.41, 5.74) is 2.87. The Kier molecular flexibility index (Phi) is 4.50. The number of anilines is 2. The third kappa shape index (κ3) is 3.48. The lowest BCUT2D eigenvalue weighted by Crippen LogP contribution is -2.42. The highest BCUT2D eigenvalue weighted by Gasteiger charge is 2.23. The van der Waals surface area contributed by atoms with Crippen LogP contribution in [0.4, 0.5) is 11.4 Å². The van der Waals surface area contributed by atoms with Gasteiger partial charge in [-0.05, 0) is 42.7 Å². The van der Waals surface area contributed by atoms with E-state index < -0.39 is 0 Å². The van der Waals surface area contributed by atoms with E-state index >= 15 is 0 Å². The van der Waals surface area contributed by atoms with Crippen molar-refractivity contribution in [2.75, 3.05) is 29.9 Å². The van der Waals surface area contributed by atoms with Crippen LogP contribution in [0.1, 0.15) is 22.3 Å². The van der Waals surface area contributed by atoms with E-state index in [0.29, 0.717) is 23.5 Å². The zero-order valence-electron chi connectivity index (χ0n) is 14.7. The number of carbonyl (C=O) groups excluding carboxylic acids is 3. The van der Waals surface area contributed by atoms with Gasteiger partial charge in [-0.2, -0.15) is 0 Å². The van der Waals surface area contributed by atoms with Crippen LogP contribution in [-0.4, -0.2) is 37.4 Å². The summed E-state index contributed by atoms with van der Waals surface area (Å²) in [6.07, 6.45) is 1.86. The van der Waals surface area contributed by atoms with Gasteiger partial charge in [0.2, 0.25) is 5.91 Å². The third-order valence-electron chi connectivity index (χ3n) is 4.69. The predicted molar refractivity (Wildman–Crippen MR) is 100 cm³/mol. The van der Waals surface area contributed by atoms with Crippen LogP contribution in [0, 0.1) is 0 Å². The van der Waals surface area contributed by atoms with Gasteiger partial charge in [-0.15, -0.1) is 0 Å². The number of ether oxygens (including phenoxy) is 1. The number of nitrogens with zero attached hydrogens (tertiary/aromatic N) is 1. The first kappa shape index (κ1) is 17.1. The second kappa shape index (κ2) is 7.11. The quantitative estimate of drug-likeness (QED) is 0.867. The minimum Gasteiger partial charge on any atom is -0.482 e. The van der Waals surface area contributed by atoms with Crippen molar-refractivity contribution in [3.05, 3.63) is 53.6 Å². The number of amides is 3. The minimum atomic E-state index is -0.378. The van der Waals surface area contributed by atoms with E-state index in [0.717, 1.165) is 24.1 Å². The fraction of sp³-hybridized carbons (Fsp3) is 0.250. The van der Waals surface area contributed by atoms with Gasteiger partial charge >= 0.3 is 0 Å². The summed E-state index contributed by atoms with van der Waals surface area (Å²) in [7, 11) is 0. The molecule has 0 saturated heterocycles. The minimum absolute atomic E-state index is 0.0373. The molecule has 0 fully saturated rings. The van der Waals surface area contributed by atoms with E-state index in [-0.39, 0.29) is 30.9 Å². The Morgan fingerprint density at radius 2 is 2.04 bits per heavy atom. The lowest BCUT2D eigenvalue weighted by Gasteiger charge is -2.29. The molecular weight excluding hydrogens is 346 g/mol. The van der Waals surface area contributed by atoms with Crippen molar-refractivity contribution in [1.82, 2.24) is 5.32 Å². The number of hydrogen-bond donors (Lipinski definition) is 2. The molecule has 7 heteroatoms. The van der Waals surface area contributed by atoms with Crippen molar-refractivity contribution in [2.24, 2.45) is 0 Å². The summed E-state index contributed by atoms with van der Waals surface area (Å²) in [5.74, 6) is -0.271. The Morgan fingerprint density at radius 1 is 1.19 bits per heavy atom. The molecule has 0 bridgehead atoms. The maximum Gasteiger partial charge on any atom is 0.262 e. The molecule has 2 aliphatic heterocycles. The van der Waals surface area contributed by atoms with Gasteiger partial charge in [-0.3, -0.25) is 14.4 Å². The van der Waals surface area contributed by atoms with Crippen LogP contribution in [0.25, 0.3) is 0 Å². The number of benzene rings is 2. The lowest BCUT2D eigenvalue weighted by atomic mass is 10.0. The Bertz CT molecular complexity index is 925. The van der Waals surface area contributed by atoms with Crippen molar-refractivity contribution in [2.45, 2.75) is 12.8 Å². The fourth-order valence-electron chi connectivity index (χ4n) is 3.37. The largest absolute Gasteiger partial charge is 0.482 e. The highest BCUT2D eigenvalue weighted by molar-refractivity contribution is 6.02. The van der Waals surface area contributed by atoms with E-state index in [1.165, 1.54) is 0 Å². The summed E-state index contributed by atoms with van der Waals surface area (Å²) in [5, 5.41) is 5.32. The van der Waals surface area contributed by atoms with E-state index in [1.54, 1.807) is 23.1 Å². The molecule has 0 unspecified atom stereocenters. The summed E-state index contributed by atoms with van der Waals surface area (Å²) >= 11 is 0. The first-order valence-corrected chi connectivity index (χ1v) is 8.85. The summed E-state index contributed by atoms with van der Waals surface area (Å²) in [6.45, 7) is 0.519. The number of rotatable bonds is 3. The van der Waals surface area contributed by atoms with Crippen LogP contribution in [0.15, 0.2) is 42.5 Å². The molecule has 4 rings (SSSR count). The van der Waals surface area contributed by atoms with Gasteiger partial charge in [0.1, 0.15) is 5.75 Å². The molecule has 0 spiro atoms. The molecule has 2 N–H and O–H groups in total. The molecule has 3 amide bonds. The number of para-hydroxylation sites is 1. The van der Waals surface area contributed by atoms with E-state index in [9.17, 15) is 14.4 Å². The highest BCUT2D eigenvalue weighted by Crippen LogP contribution is 2.29. The standard InChI is InChI=1S/C20H19N3O4/c24-18-12-27-17-8-7-14(10-15(17)22-18)20(26)21-11-19(25)23-9-3-5-13-4-1-2-6-16(13)23/h1-2,4,6-8,10H,3,5,9,11-12H2,(H,21,26)(H,22,24). The van der Waals surface area contributed by atoms with Gasteiger partial charge in [0.15, 0.2) is 6.61 Å². The predicted octanol–water partition coefficient (Wildman–Crippen LogP) is 1.73. The Hall–Kier alpha value is -3.35. The summed E-state index contributed by atoms with van der Waals surface area (Å²) in [4.78, 5) is 38.1. The van der Waals surface area contributed by atoms with Gasteiger partial charge < -0.3 is 20.3 Å². The van der Waals surface area contributed by atoms with Crippen molar-refractivity contribution in [3.63, 3.8) is 0 Å². The van der Waals surface area contributed by atoms with Crippen LogP contribution >= 0.6 is 0 Å². The van der Waals surface area contributed by atoms with Crippen LogP contribution in [0.5, 0.6) is 5.75 Å². The topological polar surface area (TPSA) is 87.7 Å². The fourth-order valence-corrected chi connectivity index (χ4v) is 3.37. The number of fused-ring (bicyclic) bond motifs is 2. The van der Waals surface area contributed by atoms with E-state index in [4.69, 9.17) is 4.74 Å². The van der Waals surface area contributed by atoms with E-state index in [2.05, 4.69) is 10.6 Å². The molecule has 27 heavy (non-hydrogen) atoms. The number of nitrogens with one attached hydrogen (secondary N) is 2. The van der Waals surface area contributed by atoms with Gasteiger partial charge in [0, 0.05) is 17.8 Å². The van der Waals surface area contributed by atoms with Crippen molar-refractivity contribution < 1.29 is 19.1 Å². The molecule has 2 aromatic carbocycles. The number of carbonyl (C=O) groups is 3. The van der Waals surface area contributed by atoms with Gasteiger partial charge in [-0.25, -0.2) is 0 Å². The van der Waals surface area contributed by atoms with Crippen LogP contribution in [0.3, 0.4) is 0 Å². The van der Waals surface area contributed by atoms with Crippen molar-refractivity contribution >= 4 is 29.1 Å². The van der Waals surface area contributed by atoms with Crippen LogP contribution in [-0.2, 0) is 16.0 Å². The van der Waals surface area contributed by atoms with Gasteiger partial charge in [0.25, 0.3) is 11.8 Å². The first-order valence-electron chi connectivity index (χ1n) is 8.85. The smallest absolute Gasteiger partial charge is 0.262 e. The lowest BCUT2D eigenvalue weighted by molar-refractivity contribution is -0.119. The molecule has 0 atom stereocenters. The second-order valence-corrected chi connectivity index (χ2v) is 6.51. The summed E-state index contributed by atoms with van der Waals surface area (Å²) in [6, 6.07) is 12.6. The number of hydrogen-bond acceptors (Lipinski definition) is 4. The van der Waals surface area contributed by atoms with Crippen molar-refractivity contribution in [1.29, 1.82) is 0 Å². The highest BCUT2D eigenvalue weighted by atomic mass is 16.5. The first-order chi connectivity index (χ1) is 13.1. The van der Waals surface area contributed by atoms with Gasteiger partial charge in [0.05, 0.1) is 12.2 Å². The average Bonchev–Trinajstić information content (AvgIpc) is 2.70. The Balaban J connectivity index is 1.42. The van der Waals surface area contributed by atoms with Crippen LogP contribution < -0.4 is 20.3 Å². The van der Waals surface area contributed by atoms with Gasteiger partial charge in [-0.1, -0.05) is 18.2 Å². The average molecular weight is 365 g/mol. The molecular formula is C20H19N3O4. The summed E-state index contributed by atoms with van der Waals surface area (Å²) < 4.78 is 5.28. The maximum absolute atomic E-state index is 12.6. The molecule has 0 aliphatic carbocycles. The molecule has 0 aromatic heterocycles. The molecule has 138 valence electrons. The Labute approximate surface area is 156 Å². The molecule has 7 nitrogen and oxygen atoms in total. The van der Waals surface area contributed by atoms with Crippen molar-refractivity contribution in [3.8, 4) is 5.75 Å². The molecule has 2 heterocycles. The monoisotopic (exact) mass is 365 g/mol. The maximum atomic E-state index is 12.6. The molecule has 0 radical (unpaired) electrons. The SMILES string of the molecule is O=C1COc2ccc(C(=O)NCC(=O)N3CCCc4ccccc43)cc2N1. The second-order valence-electron chi connectivity index (χ2n) is 6.51. The van der Waals surface area contributed by atoms with E-state index in [1.807, 2.05) is 24.3 Å². The molecule has 2 aliphatic rings. The Morgan fingerprint density at radius 3 is 2.93 bits per heavy atom. The zero-order chi connectivity index (χ0) is 18.8. The van der Waals surface area contributed by atoms with Crippen LogP contribution in [0.2, 0.25) is 0 Å². The normalized spacial score (nSPS) is 15.1. The molecule has 0 saturated carbocycles. The number of aryl methyl sites for hydroxylation is 1. The molecule has 2 aromatic rings.